The van der Waals surface area contributed by atoms with Crippen molar-refractivity contribution in [3.05, 3.63) is 0 Å². The van der Waals surface area contributed by atoms with Crippen molar-refractivity contribution >= 4 is 23.7 Å². The number of carbonyl (C=O) groups excluding carboxylic acids is 3. The van der Waals surface area contributed by atoms with Crippen LogP contribution >= 0.6 is 0 Å². The Labute approximate surface area is 333 Å². The molecule has 6 atom stereocenters. The maximum Gasteiger partial charge on any atom is 0.303 e. The van der Waals surface area contributed by atoms with Crippen molar-refractivity contribution in [3.8, 4) is 0 Å². The van der Waals surface area contributed by atoms with E-state index in [9.17, 15) is 34.5 Å². The van der Waals surface area contributed by atoms with Gasteiger partial charge in [0, 0.05) is 19.4 Å². The van der Waals surface area contributed by atoms with Crippen LogP contribution in [0.1, 0.15) is 201 Å². The standard InChI is InChI=1S/C43H81N3O9/c1-4-6-8-10-12-14-16-17-18-19-20-21-23-25-27-29-37(49)46(32-28-26-24-22-15-13-11-9-7-5-2)43-39(41(53)40(52)35(33-47)55-43)45-42(54)34(3)44-36(48)30-31-38(50)51/h34-35,39-41,43,47,52-53H,4-33H2,1-3H3,(H,44,48)(H,45,54)(H,50,51)/t34-,35+,39-,40+,41+,43+/m0/s1. The van der Waals surface area contributed by atoms with Gasteiger partial charge in [0.2, 0.25) is 17.7 Å². The molecule has 12 nitrogen and oxygen atoms in total. The maximum atomic E-state index is 13.9. The van der Waals surface area contributed by atoms with Crippen LogP contribution in [0, 0.1) is 0 Å². The van der Waals surface area contributed by atoms with Crippen molar-refractivity contribution < 1.29 is 44.3 Å². The zero-order valence-corrected chi connectivity index (χ0v) is 35.0. The van der Waals surface area contributed by atoms with Crippen LogP contribution in [-0.2, 0) is 23.9 Å². The summed E-state index contributed by atoms with van der Waals surface area (Å²) in [5.74, 6) is -2.62. The third kappa shape index (κ3) is 23.5. The van der Waals surface area contributed by atoms with Crippen molar-refractivity contribution in [2.45, 2.75) is 237 Å². The van der Waals surface area contributed by atoms with E-state index in [1.807, 2.05) is 0 Å². The zero-order chi connectivity index (χ0) is 40.7. The maximum absolute atomic E-state index is 13.9. The molecule has 0 aliphatic carbocycles. The number of hydrogen-bond acceptors (Lipinski definition) is 8. The lowest BCUT2D eigenvalue weighted by Gasteiger charge is -2.47. The Morgan fingerprint density at radius 2 is 1.05 bits per heavy atom. The van der Waals surface area contributed by atoms with Crippen LogP contribution in [0.4, 0.5) is 0 Å². The van der Waals surface area contributed by atoms with Gasteiger partial charge in [-0.25, -0.2) is 0 Å². The number of nitrogens with zero attached hydrogens (tertiary/aromatic N) is 1. The molecule has 0 radical (unpaired) electrons. The van der Waals surface area contributed by atoms with Crippen LogP contribution in [0.25, 0.3) is 0 Å². The van der Waals surface area contributed by atoms with Crippen LogP contribution in [0.5, 0.6) is 0 Å². The molecule has 1 heterocycles. The Morgan fingerprint density at radius 3 is 1.49 bits per heavy atom. The van der Waals surface area contributed by atoms with Gasteiger partial charge in [0.15, 0.2) is 6.23 Å². The first kappa shape index (κ1) is 50.7. The fourth-order valence-corrected chi connectivity index (χ4v) is 7.36. The van der Waals surface area contributed by atoms with E-state index in [4.69, 9.17) is 9.84 Å². The van der Waals surface area contributed by atoms with Gasteiger partial charge in [0.25, 0.3) is 0 Å². The number of carboxylic acid groups (broad SMARTS) is 1. The van der Waals surface area contributed by atoms with Crippen LogP contribution in [0.2, 0.25) is 0 Å². The first-order chi connectivity index (χ1) is 26.6. The molecule has 322 valence electrons. The summed E-state index contributed by atoms with van der Waals surface area (Å²) in [6.45, 7) is 5.62. The van der Waals surface area contributed by atoms with E-state index in [2.05, 4.69) is 24.5 Å². The SMILES string of the molecule is CCCCCCCCCCCCCCCCCC(=O)N(CCCCCCCCCCCC)[C@@H]1O[C@H](CO)[C@@H](O)[C@H](O)[C@@H]1NC(=O)[C@H](C)NC(=O)CCC(=O)O. The normalized spacial score (nSPS) is 20.2. The van der Waals surface area contributed by atoms with Gasteiger partial charge in [0.1, 0.15) is 30.4 Å². The molecule has 1 saturated heterocycles. The second kappa shape index (κ2) is 32.8. The minimum Gasteiger partial charge on any atom is -0.481 e. The highest BCUT2D eigenvalue weighted by molar-refractivity contribution is 5.88. The lowest BCUT2D eigenvalue weighted by molar-refractivity contribution is -0.231. The fraction of sp³-hybridized carbons (Fsp3) is 0.907. The topological polar surface area (TPSA) is 186 Å². The molecule has 0 aromatic rings. The van der Waals surface area contributed by atoms with Gasteiger partial charge in [-0.05, 0) is 19.8 Å². The highest BCUT2D eigenvalue weighted by atomic mass is 16.5. The van der Waals surface area contributed by atoms with Crippen molar-refractivity contribution in [1.29, 1.82) is 0 Å². The number of ether oxygens (including phenoxy) is 1. The molecule has 1 aliphatic rings. The van der Waals surface area contributed by atoms with Gasteiger partial charge in [-0.1, -0.05) is 162 Å². The Bertz CT molecular complexity index is 1020. The summed E-state index contributed by atoms with van der Waals surface area (Å²) in [5, 5.41) is 46.0. The van der Waals surface area contributed by atoms with Gasteiger partial charge < -0.3 is 40.7 Å². The molecule has 12 heteroatoms. The summed E-state index contributed by atoms with van der Waals surface area (Å²) < 4.78 is 6.09. The summed E-state index contributed by atoms with van der Waals surface area (Å²) >= 11 is 0. The lowest BCUT2D eigenvalue weighted by atomic mass is 9.94. The predicted octanol–water partition coefficient (Wildman–Crippen LogP) is 7.29. The molecule has 0 saturated carbocycles. The largest absolute Gasteiger partial charge is 0.481 e. The summed E-state index contributed by atoms with van der Waals surface area (Å²) in [6.07, 6.45) is 23.6. The highest BCUT2D eigenvalue weighted by Gasteiger charge is 2.48. The Balaban J connectivity index is 2.81. The quantitative estimate of drug-likeness (QED) is 0.0359. The number of carbonyl (C=O) groups is 4. The molecule has 1 aliphatic heterocycles. The monoisotopic (exact) mass is 784 g/mol. The average Bonchev–Trinajstić information content (AvgIpc) is 3.16. The number of amides is 3. The molecule has 0 aromatic heterocycles. The van der Waals surface area contributed by atoms with Crippen LogP contribution < -0.4 is 10.6 Å². The summed E-state index contributed by atoms with van der Waals surface area (Å²) in [5.41, 5.74) is 0. The second-order valence-corrected chi connectivity index (χ2v) is 15.9. The smallest absolute Gasteiger partial charge is 0.303 e. The molecule has 0 aromatic carbocycles. The minimum absolute atomic E-state index is 0.176. The number of carboxylic acids is 1. The van der Waals surface area contributed by atoms with E-state index in [1.165, 1.54) is 116 Å². The van der Waals surface area contributed by atoms with Gasteiger partial charge >= 0.3 is 5.97 Å². The predicted molar refractivity (Wildman–Crippen MR) is 217 cm³/mol. The Hall–Kier alpha value is -2.28. The zero-order valence-electron chi connectivity index (χ0n) is 35.0. The molecule has 55 heavy (non-hydrogen) atoms. The van der Waals surface area contributed by atoms with Crippen LogP contribution in [-0.4, -0.2) is 98.8 Å². The molecule has 1 rings (SSSR count). The van der Waals surface area contributed by atoms with Crippen molar-refractivity contribution in [2.75, 3.05) is 13.2 Å². The molecular formula is C43H81N3O9. The molecule has 3 amide bonds. The average molecular weight is 784 g/mol. The molecule has 6 N–H and O–H groups in total. The number of aliphatic hydroxyl groups excluding tert-OH is 3. The van der Waals surface area contributed by atoms with E-state index >= 15 is 0 Å². The molecular weight excluding hydrogens is 702 g/mol. The van der Waals surface area contributed by atoms with E-state index in [0.29, 0.717) is 19.4 Å². The third-order valence-corrected chi connectivity index (χ3v) is 10.9. The molecule has 0 spiro atoms. The van der Waals surface area contributed by atoms with E-state index in [1.54, 1.807) is 4.90 Å². The van der Waals surface area contributed by atoms with Crippen LogP contribution in [0.15, 0.2) is 0 Å². The van der Waals surface area contributed by atoms with E-state index < -0.39 is 61.0 Å². The highest BCUT2D eigenvalue weighted by Crippen LogP contribution is 2.26. The van der Waals surface area contributed by atoms with Gasteiger partial charge in [-0.15, -0.1) is 0 Å². The van der Waals surface area contributed by atoms with E-state index in [-0.39, 0.29) is 25.2 Å². The van der Waals surface area contributed by atoms with Crippen molar-refractivity contribution in [1.82, 2.24) is 15.5 Å². The number of nitrogens with one attached hydrogen (secondary N) is 2. The molecule has 0 bridgehead atoms. The second-order valence-electron chi connectivity index (χ2n) is 15.9. The first-order valence-electron chi connectivity index (χ1n) is 22.3. The summed E-state index contributed by atoms with van der Waals surface area (Å²) in [6, 6.07) is -2.33. The van der Waals surface area contributed by atoms with Gasteiger partial charge in [0.05, 0.1) is 13.0 Å². The number of aliphatic carboxylic acids is 1. The van der Waals surface area contributed by atoms with Crippen LogP contribution in [0.3, 0.4) is 0 Å². The van der Waals surface area contributed by atoms with E-state index in [0.717, 1.165) is 38.5 Å². The third-order valence-electron chi connectivity index (χ3n) is 10.9. The summed E-state index contributed by atoms with van der Waals surface area (Å²) in [7, 11) is 0. The van der Waals surface area contributed by atoms with Crippen molar-refractivity contribution in [3.63, 3.8) is 0 Å². The molecule has 0 unspecified atom stereocenters. The Morgan fingerprint density at radius 1 is 0.618 bits per heavy atom. The van der Waals surface area contributed by atoms with Gasteiger partial charge in [-0.2, -0.15) is 0 Å². The molecule has 1 fully saturated rings. The fourth-order valence-electron chi connectivity index (χ4n) is 7.36. The van der Waals surface area contributed by atoms with Gasteiger partial charge in [-0.3, -0.25) is 19.2 Å². The lowest BCUT2D eigenvalue weighted by Crippen LogP contribution is -2.69. The number of aliphatic hydroxyl groups is 3. The Kier molecular flexibility index (Phi) is 30.2. The summed E-state index contributed by atoms with van der Waals surface area (Å²) in [4.78, 5) is 51.8. The first-order valence-corrected chi connectivity index (χ1v) is 22.3. The number of hydrogen-bond donors (Lipinski definition) is 6. The number of rotatable bonds is 35. The minimum atomic E-state index is -1.57. The van der Waals surface area contributed by atoms with Crippen molar-refractivity contribution in [2.24, 2.45) is 0 Å². The number of unbranched alkanes of at least 4 members (excludes halogenated alkanes) is 23.